The predicted molar refractivity (Wildman–Crippen MR) is 111 cm³/mol. The Morgan fingerprint density at radius 2 is 1.81 bits per heavy atom. The molecular weight excluding hydrogens is 336 g/mol. The molecule has 0 aliphatic carbocycles. The topological polar surface area (TPSA) is 32.8 Å². The van der Waals surface area contributed by atoms with Crippen LogP contribution in [-0.4, -0.2) is 47.6 Å². The summed E-state index contributed by atoms with van der Waals surface area (Å²) in [7, 11) is 0. The van der Waals surface area contributed by atoms with Crippen LogP contribution in [0.3, 0.4) is 0 Å². The molecule has 1 aliphatic heterocycles. The van der Waals surface area contributed by atoms with Crippen molar-refractivity contribution in [2.75, 3.05) is 19.6 Å². The number of hydrogen-bond acceptors (Lipinski definition) is 4. The molecule has 4 atom stereocenters. The number of hydrogen-bond donors (Lipinski definition) is 0. The summed E-state index contributed by atoms with van der Waals surface area (Å²) in [6, 6.07) is 10.7. The molecule has 2 rings (SSSR count). The highest BCUT2D eigenvalue weighted by Crippen LogP contribution is 2.44. The van der Waals surface area contributed by atoms with E-state index < -0.39 is 5.60 Å². The maximum atomic E-state index is 12.3. The summed E-state index contributed by atoms with van der Waals surface area (Å²) in [5.74, 6) is 0.123. The Morgan fingerprint density at radius 1 is 1.19 bits per heavy atom. The largest absolute Gasteiger partial charge is 0.454 e. The Labute approximate surface area is 165 Å². The Hall–Kier alpha value is -1.39. The maximum Gasteiger partial charge on any atom is 0.306 e. The van der Waals surface area contributed by atoms with Gasteiger partial charge in [-0.15, -0.1) is 0 Å². The highest BCUT2D eigenvalue weighted by molar-refractivity contribution is 5.69. The zero-order valence-corrected chi connectivity index (χ0v) is 18.1. The van der Waals surface area contributed by atoms with E-state index in [9.17, 15) is 4.79 Å². The molecule has 152 valence electrons. The van der Waals surface area contributed by atoms with Crippen LogP contribution in [0.25, 0.3) is 0 Å². The van der Waals surface area contributed by atoms with Crippen molar-refractivity contribution >= 4 is 5.97 Å². The van der Waals surface area contributed by atoms with E-state index in [1.54, 1.807) is 0 Å². The number of ether oxygens (including phenoxy) is 1. The molecule has 1 aliphatic rings. The lowest BCUT2D eigenvalue weighted by atomic mass is 9.73. The van der Waals surface area contributed by atoms with Crippen molar-refractivity contribution in [2.45, 2.75) is 78.6 Å². The molecule has 0 radical (unpaired) electrons. The van der Waals surface area contributed by atoms with Crippen molar-refractivity contribution in [1.29, 1.82) is 0 Å². The molecule has 4 heteroatoms. The summed E-state index contributed by atoms with van der Waals surface area (Å²) in [5, 5.41) is 0. The first-order valence-corrected chi connectivity index (χ1v) is 10.7. The van der Waals surface area contributed by atoms with E-state index in [0.29, 0.717) is 18.6 Å². The van der Waals surface area contributed by atoms with Gasteiger partial charge in [0.25, 0.3) is 0 Å². The molecule has 0 N–H and O–H groups in total. The fourth-order valence-electron chi connectivity index (χ4n) is 4.76. The summed E-state index contributed by atoms with van der Waals surface area (Å²) < 4.78 is 6.19. The van der Waals surface area contributed by atoms with Gasteiger partial charge in [0.2, 0.25) is 0 Å². The van der Waals surface area contributed by atoms with Gasteiger partial charge in [-0.05, 0) is 32.0 Å². The third-order valence-electron chi connectivity index (χ3n) is 6.27. The van der Waals surface area contributed by atoms with E-state index in [1.807, 2.05) is 25.1 Å². The molecule has 0 saturated carbocycles. The van der Waals surface area contributed by atoms with E-state index in [0.717, 1.165) is 38.0 Å². The van der Waals surface area contributed by atoms with E-state index in [4.69, 9.17) is 4.74 Å². The van der Waals surface area contributed by atoms with Crippen molar-refractivity contribution in [2.24, 2.45) is 5.92 Å². The first kappa shape index (κ1) is 21.9. The molecule has 1 aromatic rings. The number of nitrogens with zero attached hydrogens (tertiary/aromatic N) is 2. The second kappa shape index (κ2) is 9.70. The van der Waals surface area contributed by atoms with E-state index in [-0.39, 0.29) is 11.9 Å². The van der Waals surface area contributed by atoms with Crippen LogP contribution in [0.1, 0.15) is 66.4 Å². The Bertz CT molecular complexity index is 587. The lowest BCUT2D eigenvalue weighted by molar-refractivity contribution is -0.183. The molecule has 1 fully saturated rings. The van der Waals surface area contributed by atoms with Crippen molar-refractivity contribution in [3.63, 3.8) is 0 Å². The van der Waals surface area contributed by atoms with Gasteiger partial charge in [-0.1, -0.05) is 65.0 Å². The van der Waals surface area contributed by atoms with Gasteiger partial charge in [0.1, 0.15) is 5.60 Å². The molecule has 4 unspecified atom stereocenters. The minimum atomic E-state index is -0.536. The minimum absolute atomic E-state index is 0.109. The van der Waals surface area contributed by atoms with Gasteiger partial charge in [-0.2, -0.15) is 0 Å². The number of piperidine rings is 1. The molecule has 0 bridgehead atoms. The normalized spacial score (nSPS) is 27.5. The smallest absolute Gasteiger partial charge is 0.306 e. The number of carbonyl (C=O) groups excluding carboxylic acids is 1. The Kier molecular flexibility index (Phi) is 7.87. The first-order chi connectivity index (χ1) is 12.9. The van der Waals surface area contributed by atoms with Crippen molar-refractivity contribution in [3.05, 3.63) is 35.9 Å². The quantitative estimate of drug-likeness (QED) is 0.621. The van der Waals surface area contributed by atoms with Crippen LogP contribution >= 0.6 is 0 Å². The average Bonchev–Trinajstić information content (AvgIpc) is 2.69. The van der Waals surface area contributed by atoms with Crippen molar-refractivity contribution in [1.82, 2.24) is 9.80 Å². The number of carbonyl (C=O) groups is 1. The van der Waals surface area contributed by atoms with E-state index in [1.165, 1.54) is 0 Å². The van der Waals surface area contributed by atoms with Gasteiger partial charge < -0.3 is 4.74 Å². The zero-order valence-electron chi connectivity index (χ0n) is 18.1. The average molecular weight is 375 g/mol. The van der Waals surface area contributed by atoms with Crippen molar-refractivity contribution < 1.29 is 9.53 Å². The van der Waals surface area contributed by atoms with Crippen LogP contribution in [0.15, 0.2) is 30.3 Å². The van der Waals surface area contributed by atoms with Crippen LogP contribution in [0.5, 0.6) is 0 Å². The van der Waals surface area contributed by atoms with Gasteiger partial charge in [0, 0.05) is 31.3 Å². The highest BCUT2D eigenvalue weighted by Gasteiger charge is 2.49. The summed E-state index contributed by atoms with van der Waals surface area (Å²) in [6.45, 7) is 16.2. The van der Waals surface area contributed by atoms with Crippen LogP contribution in [0.2, 0.25) is 0 Å². The van der Waals surface area contributed by atoms with Gasteiger partial charge in [0.05, 0.1) is 6.17 Å². The molecule has 1 heterocycles. The van der Waals surface area contributed by atoms with Gasteiger partial charge in [0.15, 0.2) is 0 Å². The lowest BCUT2D eigenvalue weighted by Gasteiger charge is -2.53. The summed E-state index contributed by atoms with van der Waals surface area (Å²) >= 11 is 0. The molecular formula is C23H38N2O2. The second-order valence-electron chi connectivity index (χ2n) is 7.84. The van der Waals surface area contributed by atoms with Gasteiger partial charge in [-0.3, -0.25) is 14.6 Å². The molecule has 4 nitrogen and oxygen atoms in total. The van der Waals surface area contributed by atoms with Crippen LogP contribution in [0.4, 0.5) is 0 Å². The first-order valence-electron chi connectivity index (χ1n) is 10.7. The zero-order chi connectivity index (χ0) is 20.0. The van der Waals surface area contributed by atoms with E-state index >= 15 is 0 Å². The molecule has 27 heavy (non-hydrogen) atoms. The standard InChI is InChI=1S/C23H38N2O2/c1-7-21(24(9-3)10-4)25-17-18(5)23(16-19(25)6,27-22(26)8-2)20-14-12-11-13-15-20/h11-15,18-19,21H,7-10,16-17H2,1-6H3. The number of likely N-dealkylation sites (tertiary alicyclic amines) is 1. The molecule has 0 spiro atoms. The SMILES string of the molecule is CCC(=O)OC1(c2ccccc2)CC(C)N(C(CC)N(CC)CC)CC1C. The fourth-order valence-corrected chi connectivity index (χ4v) is 4.76. The van der Waals surface area contributed by atoms with Crippen molar-refractivity contribution in [3.8, 4) is 0 Å². The van der Waals surface area contributed by atoms with Crippen LogP contribution < -0.4 is 0 Å². The summed E-state index contributed by atoms with van der Waals surface area (Å²) in [4.78, 5) is 17.5. The Balaban J connectivity index is 2.36. The van der Waals surface area contributed by atoms with Gasteiger partial charge >= 0.3 is 5.97 Å². The number of rotatable bonds is 8. The summed E-state index contributed by atoms with van der Waals surface area (Å²) in [6.07, 6.45) is 2.79. The molecule has 0 amide bonds. The lowest BCUT2D eigenvalue weighted by Crippen LogP contribution is -2.60. The summed E-state index contributed by atoms with van der Waals surface area (Å²) in [5.41, 5.74) is 0.591. The highest BCUT2D eigenvalue weighted by atomic mass is 16.6. The molecule has 0 aromatic heterocycles. The number of benzene rings is 1. The third kappa shape index (κ3) is 4.55. The number of esters is 1. The maximum absolute atomic E-state index is 12.3. The molecule has 1 saturated heterocycles. The monoisotopic (exact) mass is 374 g/mol. The third-order valence-corrected chi connectivity index (χ3v) is 6.27. The Morgan fingerprint density at radius 3 is 2.33 bits per heavy atom. The minimum Gasteiger partial charge on any atom is -0.454 e. The van der Waals surface area contributed by atoms with Gasteiger partial charge in [-0.25, -0.2) is 0 Å². The van der Waals surface area contributed by atoms with Crippen LogP contribution in [0, 0.1) is 5.92 Å². The van der Waals surface area contributed by atoms with E-state index in [2.05, 4.69) is 56.6 Å². The molecule has 1 aromatic carbocycles. The predicted octanol–water partition coefficient (Wildman–Crippen LogP) is 4.64. The fraction of sp³-hybridized carbons (Fsp3) is 0.696. The second-order valence-corrected chi connectivity index (χ2v) is 7.84. The van der Waals surface area contributed by atoms with Crippen LogP contribution in [-0.2, 0) is 15.1 Å².